The number of carbonyl (C=O) groups is 1. The monoisotopic (exact) mass is 327 g/mol. The SMILES string of the molecule is CCC(C)C([NH3+])C(=O)OC[C@H]1OC[C@@H](n2ccc(N)nc2=O)O1. The van der Waals surface area contributed by atoms with E-state index in [0.29, 0.717) is 0 Å². The Morgan fingerprint density at radius 2 is 2.39 bits per heavy atom. The predicted molar refractivity (Wildman–Crippen MR) is 79.9 cm³/mol. The second kappa shape index (κ2) is 7.53. The predicted octanol–water partition coefficient (Wildman–Crippen LogP) is -1.10. The van der Waals surface area contributed by atoms with E-state index in [1.807, 2.05) is 13.8 Å². The average molecular weight is 327 g/mol. The lowest BCUT2D eigenvalue weighted by Gasteiger charge is -2.16. The maximum atomic E-state index is 11.9. The van der Waals surface area contributed by atoms with Crippen molar-refractivity contribution in [2.75, 3.05) is 18.9 Å². The van der Waals surface area contributed by atoms with Gasteiger partial charge in [-0.3, -0.25) is 4.57 Å². The van der Waals surface area contributed by atoms with Crippen molar-refractivity contribution in [2.24, 2.45) is 5.92 Å². The molecule has 1 fully saturated rings. The second-order valence-electron chi connectivity index (χ2n) is 5.52. The Hall–Kier alpha value is -1.97. The average Bonchev–Trinajstić information content (AvgIpc) is 2.99. The zero-order valence-electron chi connectivity index (χ0n) is 13.3. The molecule has 1 saturated heterocycles. The topological polar surface area (TPSA) is 133 Å². The Kier molecular flexibility index (Phi) is 5.69. The summed E-state index contributed by atoms with van der Waals surface area (Å²) in [4.78, 5) is 27.2. The lowest BCUT2D eigenvalue weighted by atomic mass is 10.0. The van der Waals surface area contributed by atoms with Gasteiger partial charge in [-0.1, -0.05) is 13.8 Å². The van der Waals surface area contributed by atoms with Crippen LogP contribution in [0.4, 0.5) is 5.82 Å². The Morgan fingerprint density at radius 3 is 3.04 bits per heavy atom. The number of nitrogens with two attached hydrogens (primary N) is 1. The number of anilines is 1. The molecule has 0 bridgehead atoms. The minimum absolute atomic E-state index is 0.0467. The first-order valence-electron chi connectivity index (χ1n) is 7.53. The molecule has 0 spiro atoms. The highest BCUT2D eigenvalue weighted by Crippen LogP contribution is 2.20. The van der Waals surface area contributed by atoms with Crippen LogP contribution in [-0.2, 0) is 19.0 Å². The summed E-state index contributed by atoms with van der Waals surface area (Å²) >= 11 is 0. The fraction of sp³-hybridized carbons (Fsp3) is 0.643. The summed E-state index contributed by atoms with van der Waals surface area (Å²) in [7, 11) is 0. The van der Waals surface area contributed by atoms with Gasteiger partial charge in [0, 0.05) is 12.1 Å². The summed E-state index contributed by atoms with van der Waals surface area (Å²) in [6, 6.07) is 1.07. The summed E-state index contributed by atoms with van der Waals surface area (Å²) in [5.41, 5.74) is 8.73. The highest BCUT2D eigenvalue weighted by atomic mass is 16.7. The van der Waals surface area contributed by atoms with E-state index in [9.17, 15) is 9.59 Å². The number of quaternary nitrogens is 1. The molecule has 9 nitrogen and oxygen atoms in total. The van der Waals surface area contributed by atoms with Crippen molar-refractivity contribution in [3.05, 3.63) is 22.7 Å². The van der Waals surface area contributed by atoms with Gasteiger partial charge in [-0.15, -0.1) is 0 Å². The maximum Gasteiger partial charge on any atom is 0.365 e. The van der Waals surface area contributed by atoms with Crippen molar-refractivity contribution in [1.82, 2.24) is 9.55 Å². The number of hydrogen-bond acceptors (Lipinski definition) is 7. The van der Waals surface area contributed by atoms with E-state index >= 15 is 0 Å². The van der Waals surface area contributed by atoms with Gasteiger partial charge in [0.25, 0.3) is 0 Å². The zero-order valence-corrected chi connectivity index (χ0v) is 13.3. The quantitative estimate of drug-likeness (QED) is 0.633. The number of rotatable bonds is 6. The van der Waals surface area contributed by atoms with Crippen molar-refractivity contribution in [3.63, 3.8) is 0 Å². The van der Waals surface area contributed by atoms with Crippen molar-refractivity contribution in [2.45, 2.75) is 38.8 Å². The molecule has 0 amide bonds. The second-order valence-corrected chi connectivity index (χ2v) is 5.52. The van der Waals surface area contributed by atoms with Crippen molar-refractivity contribution < 1.29 is 24.7 Å². The molecule has 1 aliphatic heterocycles. The van der Waals surface area contributed by atoms with Gasteiger partial charge in [-0.05, 0) is 12.5 Å². The first-order valence-corrected chi connectivity index (χ1v) is 7.53. The summed E-state index contributed by atoms with van der Waals surface area (Å²) in [5, 5.41) is 0. The first kappa shape index (κ1) is 17.4. The van der Waals surface area contributed by atoms with Gasteiger partial charge in [0.15, 0.2) is 18.6 Å². The Morgan fingerprint density at radius 1 is 1.65 bits per heavy atom. The smallest absolute Gasteiger partial charge is 0.365 e. The standard InChI is InChI=1S/C14H22N4O5/c1-3-8(2)12(16)13(19)22-7-11-21-6-10(23-11)18-5-4-9(15)17-14(18)20/h4-5,8,10-12H,3,6-7,16H2,1-2H3,(H2,15,17,20)/p+1/t8?,10-,11-,12?/m0/s1. The molecule has 2 rings (SSSR count). The van der Waals surface area contributed by atoms with Crippen LogP contribution in [0.1, 0.15) is 26.5 Å². The van der Waals surface area contributed by atoms with Crippen LogP contribution < -0.4 is 17.2 Å². The molecule has 2 unspecified atom stereocenters. The van der Waals surface area contributed by atoms with Crippen LogP contribution in [0, 0.1) is 5.92 Å². The third kappa shape index (κ3) is 4.27. The third-order valence-electron chi connectivity index (χ3n) is 3.89. The van der Waals surface area contributed by atoms with Gasteiger partial charge >= 0.3 is 11.7 Å². The summed E-state index contributed by atoms with van der Waals surface area (Å²) in [5.74, 6) is -0.108. The number of aromatic nitrogens is 2. The van der Waals surface area contributed by atoms with Gasteiger partial charge in [0.1, 0.15) is 12.4 Å². The highest BCUT2D eigenvalue weighted by molar-refractivity contribution is 5.74. The fourth-order valence-electron chi connectivity index (χ4n) is 2.10. The molecule has 0 aliphatic carbocycles. The minimum Gasteiger partial charge on any atom is -0.456 e. The van der Waals surface area contributed by atoms with E-state index < -0.39 is 24.2 Å². The van der Waals surface area contributed by atoms with Crippen LogP contribution >= 0.6 is 0 Å². The Labute approximate surface area is 133 Å². The molecule has 2 heterocycles. The van der Waals surface area contributed by atoms with Gasteiger partial charge in [-0.25, -0.2) is 9.59 Å². The van der Waals surface area contributed by atoms with Gasteiger partial charge in [0.05, 0.1) is 6.61 Å². The van der Waals surface area contributed by atoms with E-state index in [1.165, 1.54) is 16.8 Å². The molecule has 0 saturated carbocycles. The molecule has 0 radical (unpaired) electrons. The van der Waals surface area contributed by atoms with Gasteiger partial charge in [0.2, 0.25) is 0 Å². The molecule has 0 aromatic carbocycles. The molecule has 1 aliphatic rings. The molecule has 1 aromatic heterocycles. The highest BCUT2D eigenvalue weighted by Gasteiger charge is 2.31. The van der Waals surface area contributed by atoms with Gasteiger partial charge in [-0.2, -0.15) is 4.98 Å². The largest absolute Gasteiger partial charge is 0.456 e. The number of esters is 1. The van der Waals surface area contributed by atoms with Gasteiger partial charge < -0.3 is 25.7 Å². The van der Waals surface area contributed by atoms with E-state index in [-0.39, 0.29) is 30.9 Å². The minimum atomic E-state index is -0.725. The van der Waals surface area contributed by atoms with Crippen LogP contribution in [-0.4, -0.2) is 41.1 Å². The van der Waals surface area contributed by atoms with E-state index in [4.69, 9.17) is 19.9 Å². The summed E-state index contributed by atoms with van der Waals surface area (Å²) in [6.45, 7) is 4.04. The molecule has 128 valence electrons. The Balaban J connectivity index is 1.86. The molecule has 9 heteroatoms. The summed E-state index contributed by atoms with van der Waals surface area (Å²) < 4.78 is 17.4. The number of hydrogen-bond donors (Lipinski definition) is 2. The lowest BCUT2D eigenvalue weighted by molar-refractivity contribution is -0.420. The maximum absolute atomic E-state index is 11.9. The van der Waals surface area contributed by atoms with Crippen LogP contribution in [0.5, 0.6) is 0 Å². The molecule has 5 N–H and O–H groups in total. The van der Waals surface area contributed by atoms with Crippen LogP contribution in [0.25, 0.3) is 0 Å². The van der Waals surface area contributed by atoms with Crippen LogP contribution in [0.2, 0.25) is 0 Å². The molecule has 1 aromatic rings. The number of nitrogens with zero attached hydrogens (tertiary/aromatic N) is 2. The molecule has 23 heavy (non-hydrogen) atoms. The lowest BCUT2D eigenvalue weighted by Crippen LogP contribution is -2.68. The fourth-order valence-corrected chi connectivity index (χ4v) is 2.10. The van der Waals surface area contributed by atoms with E-state index in [2.05, 4.69) is 10.7 Å². The zero-order chi connectivity index (χ0) is 17.0. The molecular weight excluding hydrogens is 304 g/mol. The van der Waals surface area contributed by atoms with Crippen molar-refractivity contribution in [1.29, 1.82) is 0 Å². The number of carbonyl (C=O) groups excluding carboxylic acids is 1. The normalized spacial score (nSPS) is 23.4. The van der Waals surface area contributed by atoms with E-state index in [0.717, 1.165) is 6.42 Å². The van der Waals surface area contributed by atoms with Crippen molar-refractivity contribution >= 4 is 11.8 Å². The first-order chi connectivity index (χ1) is 10.9. The van der Waals surface area contributed by atoms with Crippen LogP contribution in [0.15, 0.2) is 17.1 Å². The third-order valence-corrected chi connectivity index (χ3v) is 3.89. The molecular formula is C14H23N4O5+. The van der Waals surface area contributed by atoms with E-state index in [1.54, 1.807) is 0 Å². The number of nitrogen functional groups attached to an aromatic ring is 1. The Bertz CT molecular complexity index is 605. The summed E-state index contributed by atoms with van der Waals surface area (Å²) in [6.07, 6.45) is 0.985. The molecule has 4 atom stereocenters. The van der Waals surface area contributed by atoms with Crippen molar-refractivity contribution in [3.8, 4) is 0 Å². The number of ether oxygens (including phenoxy) is 3. The van der Waals surface area contributed by atoms with Crippen LogP contribution in [0.3, 0.4) is 0 Å².